The van der Waals surface area contributed by atoms with Crippen LogP contribution in [0.25, 0.3) is 0 Å². The third-order valence-electron chi connectivity index (χ3n) is 4.64. The van der Waals surface area contributed by atoms with Gasteiger partial charge >= 0.3 is 12.1 Å². The lowest BCUT2D eigenvalue weighted by molar-refractivity contribution is -0.178. The Morgan fingerprint density at radius 1 is 1.13 bits per heavy atom. The summed E-state index contributed by atoms with van der Waals surface area (Å²) in [5, 5.41) is 11.1. The molecule has 0 aliphatic carbocycles. The van der Waals surface area contributed by atoms with Gasteiger partial charge in [0.2, 0.25) is 0 Å². The first-order chi connectivity index (χ1) is 13.7. The molecule has 1 aromatic rings. The molecule has 0 aliphatic rings. The lowest BCUT2D eigenvalue weighted by Crippen LogP contribution is -2.54. The van der Waals surface area contributed by atoms with Gasteiger partial charge in [-0.15, -0.1) is 0 Å². The zero-order valence-electron chi connectivity index (χ0n) is 16.7. The molecular formula is C19H25F5N2O4. The van der Waals surface area contributed by atoms with Crippen molar-refractivity contribution >= 4 is 11.7 Å². The van der Waals surface area contributed by atoms with Crippen molar-refractivity contribution in [1.82, 2.24) is 5.32 Å². The third-order valence-corrected chi connectivity index (χ3v) is 4.64. The molecule has 0 saturated carbocycles. The summed E-state index contributed by atoms with van der Waals surface area (Å²) in [5.41, 5.74) is 6.26. The number of carbonyl (C=O) groups is 2. The van der Waals surface area contributed by atoms with Crippen LogP contribution in [0.4, 0.5) is 22.0 Å². The second-order valence-electron chi connectivity index (χ2n) is 7.19. The van der Waals surface area contributed by atoms with Crippen molar-refractivity contribution in [3.05, 3.63) is 29.8 Å². The molecule has 0 spiro atoms. The highest BCUT2D eigenvalue weighted by atomic mass is 19.4. The second kappa shape index (κ2) is 10.2. The van der Waals surface area contributed by atoms with Gasteiger partial charge in [-0.25, -0.2) is 0 Å². The highest BCUT2D eigenvalue weighted by Gasteiger charge is 2.51. The zero-order chi connectivity index (χ0) is 23.3. The molecule has 0 saturated heterocycles. The van der Waals surface area contributed by atoms with Gasteiger partial charge in [-0.2, -0.15) is 22.0 Å². The Morgan fingerprint density at radius 3 is 2.10 bits per heavy atom. The number of aliphatic hydroxyl groups excluding tert-OH is 1. The summed E-state index contributed by atoms with van der Waals surface area (Å²) in [6, 6.07) is 4.95. The quantitative estimate of drug-likeness (QED) is 0.486. The predicted molar refractivity (Wildman–Crippen MR) is 97.9 cm³/mol. The van der Waals surface area contributed by atoms with E-state index in [-0.39, 0.29) is 0 Å². The molecular weight excluding hydrogens is 415 g/mol. The fourth-order valence-electron chi connectivity index (χ4n) is 2.77. The van der Waals surface area contributed by atoms with Crippen LogP contribution >= 0.6 is 0 Å². The number of nitrogens with two attached hydrogens (primary N) is 1. The van der Waals surface area contributed by atoms with Crippen LogP contribution in [0.3, 0.4) is 0 Å². The number of nitrogens with one attached hydrogen (secondary N) is 1. The number of hydrogen-bond donors (Lipinski definition) is 3. The molecule has 1 rings (SSSR count). The van der Waals surface area contributed by atoms with Crippen LogP contribution in [0.2, 0.25) is 0 Å². The number of hydrogen-bond acceptors (Lipinski definition) is 5. The number of methoxy groups -OCH3 is 1. The summed E-state index contributed by atoms with van der Waals surface area (Å²) < 4.78 is 70.0. The minimum Gasteiger partial charge on any atom is -0.497 e. The average molecular weight is 440 g/mol. The molecule has 4 N–H and O–H groups in total. The third kappa shape index (κ3) is 6.91. The Morgan fingerprint density at radius 2 is 1.67 bits per heavy atom. The molecule has 0 radical (unpaired) electrons. The number of amides is 1. The number of Topliss-reactive ketones (excluding diaryl/α,β-unsaturated/α-hetero) is 1. The summed E-state index contributed by atoms with van der Waals surface area (Å²) in [6.45, 7) is 0.898. The maximum atomic E-state index is 14.3. The number of benzene rings is 1. The highest BCUT2D eigenvalue weighted by Crippen LogP contribution is 2.33. The molecule has 0 unspecified atom stereocenters. The highest BCUT2D eigenvalue weighted by molar-refractivity contribution is 5.86. The van der Waals surface area contributed by atoms with E-state index in [1.54, 1.807) is 12.1 Å². The first kappa shape index (κ1) is 25.8. The Kier molecular flexibility index (Phi) is 8.73. The van der Waals surface area contributed by atoms with Crippen LogP contribution in [0.5, 0.6) is 5.75 Å². The minimum atomic E-state index is -4.89. The summed E-state index contributed by atoms with van der Waals surface area (Å²) in [6.07, 6.45) is -8.18. The number of rotatable bonds is 10. The van der Waals surface area contributed by atoms with E-state index in [1.165, 1.54) is 33.1 Å². The fourth-order valence-corrected chi connectivity index (χ4v) is 2.77. The summed E-state index contributed by atoms with van der Waals surface area (Å²) in [4.78, 5) is 24.0. The van der Waals surface area contributed by atoms with Crippen molar-refractivity contribution < 1.29 is 41.4 Å². The SMILES string of the molecule is COc1ccc([C@H](N)C(=O)C[C@@H](C(C)C)[C@@H](O)C(F)(F)C(=O)NCC(F)(F)F)cc1. The molecule has 0 aliphatic heterocycles. The number of ketones is 1. The van der Waals surface area contributed by atoms with Crippen molar-refractivity contribution in [3.8, 4) is 5.75 Å². The van der Waals surface area contributed by atoms with Gasteiger partial charge in [-0.3, -0.25) is 9.59 Å². The molecule has 0 heterocycles. The monoisotopic (exact) mass is 440 g/mol. The van der Waals surface area contributed by atoms with Gasteiger partial charge in [0.15, 0.2) is 5.78 Å². The van der Waals surface area contributed by atoms with Gasteiger partial charge in [-0.05, 0) is 23.6 Å². The molecule has 6 nitrogen and oxygen atoms in total. The summed E-state index contributed by atoms with van der Waals surface area (Å²) in [7, 11) is 1.44. The maximum Gasteiger partial charge on any atom is 0.405 e. The van der Waals surface area contributed by atoms with E-state index >= 15 is 0 Å². The van der Waals surface area contributed by atoms with Gasteiger partial charge in [0.05, 0.1) is 13.2 Å². The first-order valence-corrected chi connectivity index (χ1v) is 9.03. The molecule has 1 aromatic carbocycles. The van der Waals surface area contributed by atoms with E-state index in [9.17, 15) is 36.6 Å². The van der Waals surface area contributed by atoms with Crippen molar-refractivity contribution in [3.63, 3.8) is 0 Å². The molecule has 0 fully saturated rings. The molecule has 170 valence electrons. The van der Waals surface area contributed by atoms with Gasteiger partial charge in [0, 0.05) is 12.3 Å². The number of carbonyl (C=O) groups excluding carboxylic acids is 2. The van der Waals surface area contributed by atoms with E-state index in [1.807, 2.05) is 0 Å². The Hall–Kier alpha value is -2.27. The molecule has 30 heavy (non-hydrogen) atoms. The van der Waals surface area contributed by atoms with Gasteiger partial charge in [0.25, 0.3) is 5.91 Å². The average Bonchev–Trinajstić information content (AvgIpc) is 2.67. The van der Waals surface area contributed by atoms with E-state index in [2.05, 4.69) is 0 Å². The summed E-state index contributed by atoms with van der Waals surface area (Å²) in [5.74, 6) is -9.10. The Balaban J connectivity index is 2.93. The van der Waals surface area contributed by atoms with Crippen molar-refractivity contribution in [2.75, 3.05) is 13.7 Å². The number of ether oxygens (including phenoxy) is 1. The van der Waals surface area contributed by atoms with Crippen LogP contribution < -0.4 is 15.8 Å². The molecule has 3 atom stereocenters. The van der Waals surface area contributed by atoms with Gasteiger partial charge in [-0.1, -0.05) is 26.0 Å². The maximum absolute atomic E-state index is 14.3. The second-order valence-corrected chi connectivity index (χ2v) is 7.19. The number of alkyl halides is 5. The fraction of sp³-hybridized carbons (Fsp3) is 0.579. The first-order valence-electron chi connectivity index (χ1n) is 9.03. The van der Waals surface area contributed by atoms with E-state index < -0.39 is 60.7 Å². The molecule has 1 amide bonds. The lowest BCUT2D eigenvalue weighted by Gasteiger charge is -2.31. The van der Waals surface area contributed by atoms with Gasteiger partial charge < -0.3 is 20.9 Å². The zero-order valence-corrected chi connectivity index (χ0v) is 16.7. The van der Waals surface area contributed by atoms with Gasteiger partial charge in [0.1, 0.15) is 18.4 Å². The topological polar surface area (TPSA) is 102 Å². The number of halogens is 5. The standard InChI is InChI=1S/C19H25F5N2O4/c1-10(2)13(16(28)19(23,24)17(29)26-9-18(20,21)22)8-14(27)15(25)11-4-6-12(30-3)7-5-11/h4-7,10,13,15-16,28H,8-9,25H2,1-3H3,(H,26,29)/t13-,15-,16+/m0/s1. The predicted octanol–water partition coefficient (Wildman–Crippen LogP) is 2.60. The summed E-state index contributed by atoms with van der Waals surface area (Å²) >= 11 is 0. The van der Waals surface area contributed by atoms with Crippen LogP contribution in [-0.2, 0) is 9.59 Å². The minimum absolute atomic E-state index is 0.382. The smallest absolute Gasteiger partial charge is 0.405 e. The largest absolute Gasteiger partial charge is 0.497 e. The molecule has 0 aromatic heterocycles. The van der Waals surface area contributed by atoms with Crippen molar-refractivity contribution in [1.29, 1.82) is 0 Å². The van der Waals surface area contributed by atoms with E-state index in [4.69, 9.17) is 10.5 Å². The van der Waals surface area contributed by atoms with Crippen LogP contribution in [-0.4, -0.2) is 48.7 Å². The van der Waals surface area contributed by atoms with E-state index in [0.29, 0.717) is 11.3 Å². The normalized spacial score (nSPS) is 15.4. The Labute approximate surface area is 170 Å². The van der Waals surface area contributed by atoms with E-state index in [0.717, 1.165) is 5.32 Å². The van der Waals surface area contributed by atoms with Crippen LogP contribution in [0, 0.1) is 11.8 Å². The Bertz CT molecular complexity index is 723. The van der Waals surface area contributed by atoms with Crippen molar-refractivity contribution in [2.45, 2.75) is 44.5 Å². The van der Waals surface area contributed by atoms with Crippen molar-refractivity contribution in [2.24, 2.45) is 17.6 Å². The molecule has 0 bridgehead atoms. The number of aliphatic hydroxyl groups is 1. The lowest BCUT2D eigenvalue weighted by atomic mass is 9.81. The van der Waals surface area contributed by atoms with Crippen LogP contribution in [0.1, 0.15) is 31.9 Å². The van der Waals surface area contributed by atoms with Crippen LogP contribution in [0.15, 0.2) is 24.3 Å². The molecule has 11 heteroatoms.